The van der Waals surface area contributed by atoms with Crippen LogP contribution in [0.5, 0.6) is 5.75 Å². The molecule has 3 heteroatoms. The van der Waals surface area contributed by atoms with E-state index < -0.39 is 0 Å². The third-order valence-electron chi connectivity index (χ3n) is 2.48. The number of nitrogen functional groups attached to an aromatic ring is 1. The van der Waals surface area contributed by atoms with E-state index in [1.54, 1.807) is 6.20 Å². The van der Waals surface area contributed by atoms with Crippen LogP contribution >= 0.6 is 0 Å². The second kappa shape index (κ2) is 3.40. The Morgan fingerprint density at radius 1 is 1.40 bits per heavy atom. The number of rotatable bonds is 2. The van der Waals surface area contributed by atoms with Gasteiger partial charge in [-0.05, 0) is 12.8 Å². The molecule has 0 spiro atoms. The fourth-order valence-electron chi connectivity index (χ4n) is 1.52. The summed E-state index contributed by atoms with van der Waals surface area (Å²) < 4.78 is 5.73. The smallest absolute Gasteiger partial charge is 0.146 e. The molecule has 2 rings (SSSR count). The monoisotopic (exact) mass is 206 g/mol. The van der Waals surface area contributed by atoms with E-state index in [9.17, 15) is 0 Å². The molecule has 2 N–H and O–H groups in total. The molecule has 1 aromatic heterocycles. The van der Waals surface area contributed by atoms with Gasteiger partial charge in [0.1, 0.15) is 5.75 Å². The first-order chi connectivity index (χ1) is 6.98. The predicted octanol–water partition coefficient (Wildman–Crippen LogP) is 2.50. The van der Waals surface area contributed by atoms with Crippen molar-refractivity contribution in [1.82, 2.24) is 4.98 Å². The molecule has 0 unspecified atom stereocenters. The fourth-order valence-corrected chi connectivity index (χ4v) is 1.52. The number of anilines is 1. The van der Waals surface area contributed by atoms with Crippen LogP contribution in [0.15, 0.2) is 12.3 Å². The van der Waals surface area contributed by atoms with Crippen molar-refractivity contribution < 1.29 is 4.74 Å². The van der Waals surface area contributed by atoms with Crippen LogP contribution < -0.4 is 10.5 Å². The molecule has 0 aliphatic heterocycles. The SMILES string of the molecule is CC(C)(C)c1nccc(OC2CC2)c1N. The van der Waals surface area contributed by atoms with Gasteiger partial charge in [0.2, 0.25) is 0 Å². The van der Waals surface area contributed by atoms with Crippen molar-refractivity contribution in [3.63, 3.8) is 0 Å². The van der Waals surface area contributed by atoms with Crippen molar-refractivity contribution in [2.24, 2.45) is 0 Å². The van der Waals surface area contributed by atoms with Crippen LogP contribution in [-0.4, -0.2) is 11.1 Å². The summed E-state index contributed by atoms with van der Waals surface area (Å²) in [6, 6.07) is 1.85. The Kier molecular flexibility index (Phi) is 2.33. The lowest BCUT2D eigenvalue weighted by Gasteiger charge is -2.21. The third kappa shape index (κ3) is 2.22. The topological polar surface area (TPSA) is 48.1 Å². The highest BCUT2D eigenvalue weighted by Crippen LogP contribution is 2.35. The molecule has 0 atom stereocenters. The van der Waals surface area contributed by atoms with E-state index in [-0.39, 0.29) is 5.41 Å². The normalized spacial score (nSPS) is 16.5. The molecule has 15 heavy (non-hydrogen) atoms. The van der Waals surface area contributed by atoms with E-state index in [1.807, 2.05) is 6.07 Å². The van der Waals surface area contributed by atoms with E-state index in [1.165, 1.54) is 0 Å². The zero-order valence-corrected chi connectivity index (χ0v) is 9.58. The molecule has 82 valence electrons. The quantitative estimate of drug-likeness (QED) is 0.808. The predicted molar refractivity (Wildman–Crippen MR) is 61.0 cm³/mol. The number of ether oxygens (including phenoxy) is 1. The zero-order chi connectivity index (χ0) is 11.1. The Labute approximate surface area is 90.7 Å². The lowest BCUT2D eigenvalue weighted by molar-refractivity contribution is 0.303. The van der Waals surface area contributed by atoms with E-state index in [0.717, 1.165) is 24.3 Å². The van der Waals surface area contributed by atoms with Crippen LogP contribution in [0.3, 0.4) is 0 Å². The van der Waals surface area contributed by atoms with Gasteiger partial charge in [0.15, 0.2) is 0 Å². The number of hydrogen-bond acceptors (Lipinski definition) is 3. The molecule has 1 saturated carbocycles. The van der Waals surface area contributed by atoms with E-state index in [0.29, 0.717) is 11.8 Å². The van der Waals surface area contributed by atoms with Gasteiger partial charge in [-0.2, -0.15) is 0 Å². The molecular formula is C12H18N2O. The molecule has 1 aromatic rings. The van der Waals surface area contributed by atoms with Crippen molar-refractivity contribution >= 4 is 5.69 Å². The van der Waals surface area contributed by atoms with E-state index >= 15 is 0 Å². The molecule has 3 nitrogen and oxygen atoms in total. The lowest BCUT2D eigenvalue weighted by Crippen LogP contribution is -2.17. The molecule has 1 heterocycles. The van der Waals surface area contributed by atoms with Crippen molar-refractivity contribution in [3.8, 4) is 5.75 Å². The molecule has 1 aliphatic rings. The standard InChI is InChI=1S/C12H18N2O/c1-12(2,3)11-10(13)9(6-7-14-11)15-8-4-5-8/h6-8H,4-5,13H2,1-3H3. The van der Waals surface area contributed by atoms with Crippen molar-refractivity contribution in [1.29, 1.82) is 0 Å². The minimum atomic E-state index is -0.0347. The van der Waals surface area contributed by atoms with E-state index in [2.05, 4.69) is 25.8 Å². The molecule has 0 aromatic carbocycles. The maximum Gasteiger partial charge on any atom is 0.146 e. The summed E-state index contributed by atoms with van der Waals surface area (Å²) in [5.41, 5.74) is 7.63. The van der Waals surface area contributed by atoms with Gasteiger partial charge in [-0.15, -0.1) is 0 Å². The summed E-state index contributed by atoms with van der Waals surface area (Å²) in [5, 5.41) is 0. The summed E-state index contributed by atoms with van der Waals surface area (Å²) in [4.78, 5) is 4.33. The van der Waals surface area contributed by atoms with Crippen molar-refractivity contribution in [2.45, 2.75) is 45.1 Å². The van der Waals surface area contributed by atoms with Crippen LogP contribution in [0.4, 0.5) is 5.69 Å². The number of pyridine rings is 1. The Morgan fingerprint density at radius 3 is 2.60 bits per heavy atom. The molecule has 1 fully saturated rings. The highest BCUT2D eigenvalue weighted by molar-refractivity contribution is 5.57. The molecule has 1 aliphatic carbocycles. The van der Waals surface area contributed by atoms with Crippen LogP contribution in [0, 0.1) is 0 Å². The zero-order valence-electron chi connectivity index (χ0n) is 9.58. The van der Waals surface area contributed by atoms with Gasteiger partial charge < -0.3 is 10.5 Å². The number of nitrogens with two attached hydrogens (primary N) is 1. The van der Waals surface area contributed by atoms with Gasteiger partial charge >= 0.3 is 0 Å². The molecule has 0 amide bonds. The van der Waals surface area contributed by atoms with Gasteiger partial charge in [0, 0.05) is 17.7 Å². The third-order valence-corrected chi connectivity index (χ3v) is 2.48. The number of hydrogen-bond donors (Lipinski definition) is 1. The average molecular weight is 206 g/mol. The lowest BCUT2D eigenvalue weighted by atomic mass is 9.90. The van der Waals surface area contributed by atoms with Gasteiger partial charge in [0.25, 0.3) is 0 Å². The average Bonchev–Trinajstić information content (AvgIpc) is 2.90. The highest BCUT2D eigenvalue weighted by atomic mass is 16.5. The Bertz CT molecular complexity index is 364. The van der Waals surface area contributed by atoms with Gasteiger partial charge in [-0.1, -0.05) is 20.8 Å². The summed E-state index contributed by atoms with van der Waals surface area (Å²) >= 11 is 0. The molecule has 0 saturated heterocycles. The largest absolute Gasteiger partial charge is 0.488 e. The minimum absolute atomic E-state index is 0.0347. The maximum absolute atomic E-state index is 6.06. The second-order valence-electron chi connectivity index (χ2n) is 5.14. The van der Waals surface area contributed by atoms with Gasteiger partial charge in [-0.3, -0.25) is 4.98 Å². The number of aromatic nitrogens is 1. The van der Waals surface area contributed by atoms with Crippen LogP contribution in [0.1, 0.15) is 39.3 Å². The summed E-state index contributed by atoms with van der Waals surface area (Å²) in [6.45, 7) is 6.31. The van der Waals surface area contributed by atoms with Crippen LogP contribution in [0.25, 0.3) is 0 Å². The molecular weight excluding hydrogens is 188 g/mol. The Morgan fingerprint density at radius 2 is 2.07 bits per heavy atom. The van der Waals surface area contributed by atoms with Crippen molar-refractivity contribution in [3.05, 3.63) is 18.0 Å². The molecule has 0 radical (unpaired) electrons. The van der Waals surface area contributed by atoms with Gasteiger partial charge in [0.05, 0.1) is 17.5 Å². The van der Waals surface area contributed by atoms with Gasteiger partial charge in [-0.25, -0.2) is 0 Å². The van der Waals surface area contributed by atoms with Crippen LogP contribution in [0.2, 0.25) is 0 Å². The maximum atomic E-state index is 6.06. The number of nitrogens with zero attached hydrogens (tertiary/aromatic N) is 1. The summed E-state index contributed by atoms with van der Waals surface area (Å²) in [5.74, 6) is 0.789. The summed E-state index contributed by atoms with van der Waals surface area (Å²) in [7, 11) is 0. The summed E-state index contributed by atoms with van der Waals surface area (Å²) in [6.07, 6.45) is 4.44. The van der Waals surface area contributed by atoms with Crippen molar-refractivity contribution in [2.75, 3.05) is 5.73 Å². The fraction of sp³-hybridized carbons (Fsp3) is 0.583. The molecule has 0 bridgehead atoms. The Balaban J connectivity index is 2.31. The van der Waals surface area contributed by atoms with Crippen LogP contribution in [-0.2, 0) is 5.41 Å². The first-order valence-electron chi connectivity index (χ1n) is 5.40. The first kappa shape index (κ1) is 10.3. The first-order valence-corrected chi connectivity index (χ1v) is 5.40. The van der Waals surface area contributed by atoms with E-state index in [4.69, 9.17) is 10.5 Å². The highest BCUT2D eigenvalue weighted by Gasteiger charge is 2.26. The minimum Gasteiger partial charge on any atom is -0.488 e. The second-order valence-corrected chi connectivity index (χ2v) is 5.14. The Hall–Kier alpha value is -1.25.